The Hall–Kier alpha value is -1.59. The summed E-state index contributed by atoms with van der Waals surface area (Å²) in [5.41, 5.74) is 1.01. The first-order valence-electron chi connectivity index (χ1n) is 6.10. The van der Waals surface area contributed by atoms with Gasteiger partial charge in [-0.3, -0.25) is 0 Å². The number of sulfone groups is 1. The van der Waals surface area contributed by atoms with E-state index in [0.29, 0.717) is 16.9 Å². The van der Waals surface area contributed by atoms with Crippen LogP contribution in [-0.2, 0) is 9.84 Å². The number of hydrogen-bond donors (Lipinski definition) is 0. The fraction of sp³-hybridized carbons (Fsp3) is 0.200. The summed E-state index contributed by atoms with van der Waals surface area (Å²) in [5.74, 6) is 0.0110. The van der Waals surface area contributed by atoms with Crippen molar-refractivity contribution in [3.63, 3.8) is 0 Å². The van der Waals surface area contributed by atoms with E-state index in [4.69, 9.17) is 16.3 Å². The van der Waals surface area contributed by atoms with Crippen LogP contribution in [0.2, 0.25) is 0 Å². The lowest BCUT2D eigenvalue weighted by Crippen LogP contribution is -2.01. The molecule has 0 N–H and O–H groups in total. The predicted molar refractivity (Wildman–Crippen MR) is 80.2 cm³/mol. The van der Waals surface area contributed by atoms with Crippen molar-refractivity contribution < 1.29 is 17.5 Å². The predicted octanol–water partition coefficient (Wildman–Crippen LogP) is 3.57. The van der Waals surface area contributed by atoms with Crippen molar-refractivity contribution in [2.24, 2.45) is 0 Å². The third kappa shape index (κ3) is 3.54. The van der Waals surface area contributed by atoms with Crippen LogP contribution in [0.5, 0.6) is 5.75 Å². The summed E-state index contributed by atoms with van der Waals surface area (Å²) in [6.45, 7) is 0. The fourth-order valence-electron chi connectivity index (χ4n) is 1.99. The van der Waals surface area contributed by atoms with E-state index >= 15 is 0 Å². The van der Waals surface area contributed by atoms with Gasteiger partial charge in [0.05, 0.1) is 17.4 Å². The second-order valence-corrected chi connectivity index (χ2v) is 7.05. The van der Waals surface area contributed by atoms with Crippen LogP contribution in [0, 0.1) is 5.82 Å². The molecule has 1 unspecified atom stereocenters. The molecule has 0 saturated carbocycles. The van der Waals surface area contributed by atoms with Crippen LogP contribution in [0.25, 0.3) is 0 Å². The minimum Gasteiger partial charge on any atom is -0.496 e. The molecule has 0 heterocycles. The second kappa shape index (κ2) is 6.03. The van der Waals surface area contributed by atoms with E-state index in [1.807, 2.05) is 0 Å². The maximum Gasteiger partial charge on any atom is 0.175 e. The maximum absolute atomic E-state index is 13.4. The van der Waals surface area contributed by atoms with Gasteiger partial charge >= 0.3 is 0 Å². The van der Waals surface area contributed by atoms with Gasteiger partial charge < -0.3 is 4.74 Å². The van der Waals surface area contributed by atoms with Gasteiger partial charge in [0.1, 0.15) is 11.6 Å². The minimum atomic E-state index is -3.33. The van der Waals surface area contributed by atoms with Crippen molar-refractivity contribution >= 4 is 21.4 Å². The van der Waals surface area contributed by atoms with Gasteiger partial charge in [-0.2, -0.15) is 0 Å². The van der Waals surface area contributed by atoms with E-state index in [1.54, 1.807) is 12.1 Å². The molecule has 1 atom stereocenters. The van der Waals surface area contributed by atoms with Crippen molar-refractivity contribution in [1.82, 2.24) is 0 Å². The molecule has 0 spiro atoms. The van der Waals surface area contributed by atoms with Gasteiger partial charge in [0.25, 0.3) is 0 Å². The zero-order valence-corrected chi connectivity index (χ0v) is 13.1. The SMILES string of the molecule is COc1ccc(F)cc1C(Cl)c1cccc(S(C)(=O)=O)c1. The normalized spacial score (nSPS) is 13.0. The van der Waals surface area contributed by atoms with Crippen LogP contribution in [0.15, 0.2) is 47.4 Å². The monoisotopic (exact) mass is 328 g/mol. The molecular weight excluding hydrogens is 315 g/mol. The molecule has 0 amide bonds. The first kappa shape index (κ1) is 15.8. The highest BCUT2D eigenvalue weighted by molar-refractivity contribution is 7.90. The Morgan fingerprint density at radius 3 is 2.52 bits per heavy atom. The number of ether oxygens (including phenoxy) is 1. The second-order valence-electron chi connectivity index (χ2n) is 4.59. The van der Waals surface area contributed by atoms with Crippen LogP contribution in [0.3, 0.4) is 0 Å². The molecule has 0 radical (unpaired) electrons. The van der Waals surface area contributed by atoms with Crippen LogP contribution in [0.4, 0.5) is 4.39 Å². The molecular formula is C15H14ClFO3S. The molecule has 3 nitrogen and oxygen atoms in total. The molecule has 0 bridgehead atoms. The standard InChI is InChI=1S/C15H14ClFO3S/c1-20-14-7-6-11(17)9-13(14)15(16)10-4-3-5-12(8-10)21(2,18)19/h3-9,15H,1-2H3. The number of alkyl halides is 1. The van der Waals surface area contributed by atoms with E-state index in [1.165, 1.54) is 37.4 Å². The summed E-state index contributed by atoms with van der Waals surface area (Å²) < 4.78 is 41.8. The number of benzene rings is 2. The Kier molecular flexibility index (Phi) is 4.54. The fourth-order valence-corrected chi connectivity index (χ4v) is 2.97. The molecule has 0 aromatic heterocycles. The molecule has 0 saturated heterocycles. The van der Waals surface area contributed by atoms with Crippen LogP contribution in [-0.4, -0.2) is 21.8 Å². The van der Waals surface area contributed by atoms with Crippen molar-refractivity contribution in [2.75, 3.05) is 13.4 Å². The number of methoxy groups -OCH3 is 1. The van der Waals surface area contributed by atoms with Crippen molar-refractivity contribution in [3.05, 3.63) is 59.4 Å². The van der Waals surface area contributed by atoms with Crippen LogP contribution < -0.4 is 4.74 Å². The van der Waals surface area contributed by atoms with Gasteiger partial charge in [0.15, 0.2) is 9.84 Å². The lowest BCUT2D eigenvalue weighted by Gasteiger charge is -2.15. The van der Waals surface area contributed by atoms with E-state index in [-0.39, 0.29) is 4.90 Å². The smallest absolute Gasteiger partial charge is 0.175 e. The molecule has 0 aliphatic rings. The zero-order valence-electron chi connectivity index (χ0n) is 11.5. The van der Waals surface area contributed by atoms with E-state index in [9.17, 15) is 12.8 Å². The molecule has 21 heavy (non-hydrogen) atoms. The molecule has 2 rings (SSSR count). The van der Waals surface area contributed by atoms with E-state index < -0.39 is 21.0 Å². The molecule has 0 aliphatic carbocycles. The molecule has 2 aromatic carbocycles. The molecule has 0 aliphatic heterocycles. The lowest BCUT2D eigenvalue weighted by atomic mass is 10.0. The zero-order chi connectivity index (χ0) is 15.6. The number of hydrogen-bond acceptors (Lipinski definition) is 3. The molecule has 0 fully saturated rings. The van der Waals surface area contributed by atoms with Crippen molar-refractivity contribution in [2.45, 2.75) is 10.3 Å². The molecule has 112 valence electrons. The molecule has 2 aromatic rings. The number of halogens is 2. The summed E-state index contributed by atoms with van der Waals surface area (Å²) in [6.07, 6.45) is 1.12. The third-order valence-corrected chi connectivity index (χ3v) is 4.64. The summed E-state index contributed by atoms with van der Waals surface area (Å²) in [6, 6.07) is 10.3. The minimum absolute atomic E-state index is 0.168. The van der Waals surface area contributed by atoms with Gasteiger partial charge in [-0.15, -0.1) is 11.6 Å². The summed E-state index contributed by atoms with van der Waals surface area (Å²) in [4.78, 5) is 0.168. The quantitative estimate of drug-likeness (QED) is 0.806. The van der Waals surface area contributed by atoms with E-state index in [0.717, 1.165) is 6.26 Å². The average molecular weight is 329 g/mol. The largest absolute Gasteiger partial charge is 0.496 e. The van der Waals surface area contributed by atoms with Crippen molar-refractivity contribution in [3.8, 4) is 5.75 Å². The Morgan fingerprint density at radius 2 is 1.90 bits per heavy atom. The third-order valence-electron chi connectivity index (χ3n) is 3.04. The van der Waals surface area contributed by atoms with Crippen LogP contribution >= 0.6 is 11.6 Å². The Bertz CT molecular complexity index is 759. The first-order chi connectivity index (χ1) is 9.82. The Morgan fingerprint density at radius 1 is 1.19 bits per heavy atom. The van der Waals surface area contributed by atoms with Gasteiger partial charge in [-0.25, -0.2) is 12.8 Å². The Balaban J connectivity index is 2.50. The van der Waals surface area contributed by atoms with Gasteiger partial charge in [0, 0.05) is 11.8 Å². The molecule has 6 heteroatoms. The van der Waals surface area contributed by atoms with Gasteiger partial charge in [0.2, 0.25) is 0 Å². The lowest BCUT2D eigenvalue weighted by molar-refractivity contribution is 0.409. The topological polar surface area (TPSA) is 43.4 Å². The Labute approximate surface area is 128 Å². The van der Waals surface area contributed by atoms with Gasteiger partial charge in [-0.1, -0.05) is 12.1 Å². The highest BCUT2D eigenvalue weighted by Gasteiger charge is 2.18. The average Bonchev–Trinajstić information content (AvgIpc) is 2.45. The summed E-state index contributed by atoms with van der Waals surface area (Å²) in [5, 5.41) is -0.711. The highest BCUT2D eigenvalue weighted by atomic mass is 35.5. The van der Waals surface area contributed by atoms with E-state index in [2.05, 4.69) is 0 Å². The summed E-state index contributed by atoms with van der Waals surface area (Å²) >= 11 is 6.37. The maximum atomic E-state index is 13.4. The van der Waals surface area contributed by atoms with Gasteiger partial charge in [-0.05, 0) is 35.9 Å². The van der Waals surface area contributed by atoms with Crippen molar-refractivity contribution in [1.29, 1.82) is 0 Å². The number of rotatable bonds is 4. The first-order valence-corrected chi connectivity index (χ1v) is 8.43. The highest BCUT2D eigenvalue weighted by Crippen LogP contribution is 2.36. The van der Waals surface area contributed by atoms with Crippen LogP contribution in [0.1, 0.15) is 16.5 Å². The summed E-state index contributed by atoms with van der Waals surface area (Å²) in [7, 11) is -1.86.